The van der Waals surface area contributed by atoms with E-state index in [4.69, 9.17) is 27.9 Å². The van der Waals surface area contributed by atoms with Gasteiger partial charge in [0.1, 0.15) is 0 Å². The van der Waals surface area contributed by atoms with Gasteiger partial charge in [0.15, 0.2) is 0 Å². The van der Waals surface area contributed by atoms with E-state index in [-0.39, 0.29) is 5.41 Å². The normalized spacial score (nSPS) is 19.8. The molecule has 0 N–H and O–H groups in total. The fourth-order valence-electron chi connectivity index (χ4n) is 2.68. The Hall–Kier alpha value is -0.240. The SMILES string of the molecule is Cc1ccc(C(CCl)(CCl)CCC2CCCO2)cc1. The molecule has 1 aromatic rings. The van der Waals surface area contributed by atoms with E-state index in [0.717, 1.165) is 19.4 Å². The highest BCUT2D eigenvalue weighted by Crippen LogP contribution is 2.34. The first-order chi connectivity index (χ1) is 9.20. The molecule has 0 bridgehead atoms. The molecule has 1 atom stereocenters. The molecule has 1 nitrogen and oxygen atoms in total. The number of halogens is 2. The summed E-state index contributed by atoms with van der Waals surface area (Å²) >= 11 is 12.5. The summed E-state index contributed by atoms with van der Waals surface area (Å²) in [6, 6.07) is 8.59. The maximum atomic E-state index is 6.26. The molecule has 1 aromatic carbocycles. The standard InChI is InChI=1S/C16H22Cl2O/c1-13-4-6-14(7-5-13)16(11-17,12-18)9-8-15-3-2-10-19-15/h4-7,15H,2-3,8-12H2,1H3. The van der Waals surface area contributed by atoms with Crippen LogP contribution in [0.15, 0.2) is 24.3 Å². The molecule has 19 heavy (non-hydrogen) atoms. The van der Waals surface area contributed by atoms with Crippen LogP contribution in [0.1, 0.15) is 36.8 Å². The zero-order chi connectivity index (χ0) is 13.7. The van der Waals surface area contributed by atoms with E-state index in [1.165, 1.54) is 24.0 Å². The molecular formula is C16H22Cl2O. The van der Waals surface area contributed by atoms with Crippen molar-refractivity contribution in [3.05, 3.63) is 35.4 Å². The van der Waals surface area contributed by atoms with Crippen LogP contribution in [0.25, 0.3) is 0 Å². The van der Waals surface area contributed by atoms with Gasteiger partial charge in [-0.15, -0.1) is 23.2 Å². The summed E-state index contributed by atoms with van der Waals surface area (Å²) in [6.07, 6.45) is 4.80. The molecule has 1 unspecified atom stereocenters. The Labute approximate surface area is 126 Å². The average Bonchev–Trinajstić information content (AvgIpc) is 2.95. The van der Waals surface area contributed by atoms with Crippen molar-refractivity contribution in [3.63, 3.8) is 0 Å². The van der Waals surface area contributed by atoms with E-state index in [9.17, 15) is 0 Å². The van der Waals surface area contributed by atoms with Crippen LogP contribution < -0.4 is 0 Å². The summed E-state index contributed by atoms with van der Waals surface area (Å²) in [7, 11) is 0. The first-order valence-corrected chi connectivity index (χ1v) is 8.08. The van der Waals surface area contributed by atoms with E-state index in [2.05, 4.69) is 31.2 Å². The molecule has 2 rings (SSSR count). The molecular weight excluding hydrogens is 279 g/mol. The Balaban J connectivity index is 2.09. The van der Waals surface area contributed by atoms with E-state index in [0.29, 0.717) is 17.9 Å². The highest BCUT2D eigenvalue weighted by molar-refractivity contribution is 6.22. The van der Waals surface area contributed by atoms with Gasteiger partial charge in [-0.1, -0.05) is 29.8 Å². The van der Waals surface area contributed by atoms with E-state index in [1.54, 1.807) is 0 Å². The monoisotopic (exact) mass is 300 g/mol. The van der Waals surface area contributed by atoms with Crippen molar-refractivity contribution in [3.8, 4) is 0 Å². The Morgan fingerprint density at radius 3 is 2.42 bits per heavy atom. The van der Waals surface area contributed by atoms with Crippen LogP contribution in [-0.2, 0) is 10.2 Å². The maximum absolute atomic E-state index is 6.26. The van der Waals surface area contributed by atoms with E-state index in [1.807, 2.05) is 0 Å². The quantitative estimate of drug-likeness (QED) is 0.694. The molecule has 1 fully saturated rings. The summed E-state index contributed by atoms with van der Waals surface area (Å²) in [6.45, 7) is 3.00. The molecule has 0 radical (unpaired) electrons. The van der Waals surface area contributed by atoms with Crippen LogP contribution in [0.4, 0.5) is 0 Å². The molecule has 1 aliphatic heterocycles. The zero-order valence-corrected chi connectivity index (χ0v) is 13.0. The van der Waals surface area contributed by atoms with Crippen molar-refractivity contribution in [2.45, 2.75) is 44.1 Å². The largest absolute Gasteiger partial charge is 0.378 e. The Morgan fingerprint density at radius 1 is 1.21 bits per heavy atom. The van der Waals surface area contributed by atoms with Gasteiger partial charge in [0, 0.05) is 23.8 Å². The lowest BCUT2D eigenvalue weighted by Gasteiger charge is -2.31. The third-order valence-corrected chi connectivity index (χ3v) is 5.17. The van der Waals surface area contributed by atoms with Gasteiger partial charge in [0.25, 0.3) is 0 Å². The second-order valence-electron chi connectivity index (χ2n) is 5.59. The fraction of sp³-hybridized carbons (Fsp3) is 0.625. The van der Waals surface area contributed by atoms with E-state index < -0.39 is 0 Å². The smallest absolute Gasteiger partial charge is 0.0576 e. The second kappa shape index (κ2) is 6.97. The van der Waals surface area contributed by atoms with Crippen molar-refractivity contribution < 1.29 is 4.74 Å². The van der Waals surface area contributed by atoms with Crippen LogP contribution in [0.5, 0.6) is 0 Å². The lowest BCUT2D eigenvalue weighted by atomic mass is 9.79. The fourth-order valence-corrected chi connectivity index (χ4v) is 3.55. The number of rotatable bonds is 6. The van der Waals surface area contributed by atoms with Crippen LogP contribution in [0, 0.1) is 6.92 Å². The summed E-state index contributed by atoms with van der Waals surface area (Å²) in [4.78, 5) is 0. The Kier molecular flexibility index (Phi) is 5.56. The van der Waals surface area contributed by atoms with Crippen LogP contribution >= 0.6 is 23.2 Å². The highest BCUT2D eigenvalue weighted by Gasteiger charge is 2.32. The molecule has 1 saturated heterocycles. The van der Waals surface area contributed by atoms with Crippen molar-refractivity contribution >= 4 is 23.2 Å². The predicted octanol–water partition coefficient (Wildman–Crippen LogP) is 4.67. The van der Waals surface area contributed by atoms with Crippen molar-refractivity contribution in [2.24, 2.45) is 0 Å². The Morgan fingerprint density at radius 2 is 1.89 bits per heavy atom. The molecule has 0 amide bonds. The van der Waals surface area contributed by atoms with Gasteiger partial charge < -0.3 is 4.74 Å². The third-order valence-electron chi connectivity index (χ3n) is 4.14. The topological polar surface area (TPSA) is 9.23 Å². The first-order valence-electron chi connectivity index (χ1n) is 7.01. The van der Waals surface area contributed by atoms with Crippen LogP contribution in [0.2, 0.25) is 0 Å². The molecule has 3 heteroatoms. The molecule has 1 aliphatic rings. The van der Waals surface area contributed by atoms with Crippen LogP contribution in [0.3, 0.4) is 0 Å². The summed E-state index contributed by atoms with van der Waals surface area (Å²) in [5.41, 5.74) is 2.39. The molecule has 0 aliphatic carbocycles. The number of alkyl halides is 2. The summed E-state index contributed by atoms with van der Waals surface area (Å²) in [5, 5.41) is 0. The minimum atomic E-state index is -0.122. The summed E-state index contributed by atoms with van der Waals surface area (Å²) in [5.74, 6) is 1.12. The maximum Gasteiger partial charge on any atom is 0.0576 e. The first kappa shape index (κ1) is 15.2. The number of hydrogen-bond acceptors (Lipinski definition) is 1. The highest BCUT2D eigenvalue weighted by atomic mass is 35.5. The average molecular weight is 301 g/mol. The molecule has 106 valence electrons. The van der Waals surface area contributed by atoms with Gasteiger partial charge in [-0.25, -0.2) is 0 Å². The minimum Gasteiger partial charge on any atom is -0.378 e. The molecule has 0 aromatic heterocycles. The summed E-state index contributed by atoms with van der Waals surface area (Å²) < 4.78 is 5.71. The van der Waals surface area contributed by atoms with Gasteiger partial charge in [-0.05, 0) is 38.2 Å². The predicted molar refractivity (Wildman–Crippen MR) is 82.5 cm³/mol. The van der Waals surface area contributed by atoms with Gasteiger partial charge in [-0.2, -0.15) is 0 Å². The van der Waals surface area contributed by atoms with Gasteiger partial charge in [0.2, 0.25) is 0 Å². The zero-order valence-electron chi connectivity index (χ0n) is 11.5. The van der Waals surface area contributed by atoms with Crippen molar-refractivity contribution in [1.82, 2.24) is 0 Å². The molecule has 0 spiro atoms. The number of ether oxygens (including phenoxy) is 1. The number of hydrogen-bond donors (Lipinski definition) is 0. The number of aryl methyl sites for hydroxylation is 1. The Bertz CT molecular complexity index is 378. The lowest BCUT2D eigenvalue weighted by Crippen LogP contribution is -2.32. The minimum absolute atomic E-state index is 0.122. The van der Waals surface area contributed by atoms with Crippen LogP contribution in [-0.4, -0.2) is 24.5 Å². The molecule has 1 heterocycles. The third kappa shape index (κ3) is 3.65. The van der Waals surface area contributed by atoms with Crippen molar-refractivity contribution in [1.29, 1.82) is 0 Å². The van der Waals surface area contributed by atoms with E-state index >= 15 is 0 Å². The van der Waals surface area contributed by atoms with Crippen molar-refractivity contribution in [2.75, 3.05) is 18.4 Å². The van der Waals surface area contributed by atoms with Gasteiger partial charge in [-0.3, -0.25) is 0 Å². The van der Waals surface area contributed by atoms with Gasteiger partial charge in [0.05, 0.1) is 6.10 Å². The lowest BCUT2D eigenvalue weighted by molar-refractivity contribution is 0.0977. The molecule has 0 saturated carbocycles. The van der Waals surface area contributed by atoms with Gasteiger partial charge >= 0.3 is 0 Å². The second-order valence-corrected chi connectivity index (χ2v) is 6.12. The number of benzene rings is 1.